The molecule has 0 aliphatic rings. The fraction of sp³-hybridized carbons (Fsp3) is 0.667. The van der Waals surface area contributed by atoms with Gasteiger partial charge in [0.15, 0.2) is 0 Å². The highest BCUT2D eigenvalue weighted by atomic mass is 31.2. The molecular weight excluding hydrogens is 167 g/mol. The molecule has 0 amide bonds. The van der Waals surface area contributed by atoms with Gasteiger partial charge in [-0.15, -0.1) is 12.3 Å². The van der Waals surface area contributed by atoms with Crippen LogP contribution in [0.5, 0.6) is 0 Å². The Labute approximate surface area is 67.3 Å². The van der Waals surface area contributed by atoms with Crippen molar-refractivity contribution in [3.8, 4) is 12.3 Å². The second-order valence-corrected chi connectivity index (χ2v) is 3.16. The maximum atomic E-state index is 10.5. The van der Waals surface area contributed by atoms with E-state index in [-0.39, 0.29) is 6.61 Å². The fourth-order valence-corrected chi connectivity index (χ4v) is 0.869. The summed E-state index contributed by atoms with van der Waals surface area (Å²) in [6.07, 6.45) is 6.90. The molecule has 64 valence electrons. The van der Waals surface area contributed by atoms with E-state index in [2.05, 4.69) is 15.3 Å². The highest BCUT2D eigenvalue weighted by molar-refractivity contribution is 7.46. The average Bonchev–Trinajstić information content (AvgIpc) is 2.04. The van der Waals surface area contributed by atoms with Crippen LogP contribution in [0.2, 0.25) is 0 Å². The van der Waals surface area contributed by atoms with Crippen LogP contribution in [-0.4, -0.2) is 17.8 Å². The minimum absolute atomic E-state index is 0.0777. The molecule has 0 aliphatic heterocycles. The van der Waals surface area contributed by atoms with E-state index in [0.717, 1.165) is 6.42 Å². The van der Waals surface area contributed by atoms with Gasteiger partial charge in [0, 0.05) is 6.42 Å². The monoisotopic (exact) mass is 180 g/mol. The number of rotatable bonds is 6. The Bertz CT molecular complexity index is 200. The minimum Gasteiger partial charge on any atom is -0.303 e. The largest absolute Gasteiger partial charge is 0.469 e. The van der Waals surface area contributed by atoms with E-state index in [1.807, 2.05) is 0 Å². The molecule has 0 aromatic rings. The number of phosphoric ester groups is 1. The first kappa shape index (κ1) is 8.76. The molecule has 0 saturated carbocycles. The molecule has 0 aromatic carbocycles. The first-order chi connectivity index (χ1) is 5.62. The quantitative estimate of drug-likeness (QED) is 0.362. The molecule has 2 N–H and O–H groups in total. The van der Waals surface area contributed by atoms with Crippen molar-refractivity contribution in [3.05, 3.63) is 0 Å². The fourth-order valence-electron chi connectivity index (χ4n) is 0.509. The van der Waals surface area contributed by atoms with Gasteiger partial charge in [-0.1, -0.05) is 0 Å². The second kappa shape index (κ2) is 5.34. The SMILES string of the molecule is [3H]OP(=O)(O)OCCCCC#C. The Hall–Kier alpha value is -0.330. The highest BCUT2D eigenvalue weighted by Crippen LogP contribution is 2.35. The average molecular weight is 180 g/mol. The van der Waals surface area contributed by atoms with Crippen LogP contribution in [-0.2, 0) is 9.09 Å². The summed E-state index contributed by atoms with van der Waals surface area (Å²) >= 11 is 0. The predicted octanol–water partition coefficient (Wildman–Crippen LogP) is 0.899. The van der Waals surface area contributed by atoms with Gasteiger partial charge in [0.05, 0.1) is 6.61 Å². The van der Waals surface area contributed by atoms with Crippen molar-refractivity contribution in [2.75, 3.05) is 6.61 Å². The van der Waals surface area contributed by atoms with Crippen LogP contribution in [0.25, 0.3) is 0 Å². The van der Waals surface area contributed by atoms with Crippen molar-refractivity contribution in [1.29, 1.82) is 1.43 Å². The smallest absolute Gasteiger partial charge is 0.303 e. The van der Waals surface area contributed by atoms with Gasteiger partial charge in [0.25, 0.3) is 0 Å². The molecule has 0 bridgehead atoms. The Morgan fingerprint density at radius 2 is 2.45 bits per heavy atom. The summed E-state index contributed by atoms with van der Waals surface area (Å²) in [6, 6.07) is 0. The van der Waals surface area contributed by atoms with Gasteiger partial charge < -0.3 is 9.79 Å². The molecule has 0 heterocycles. The van der Waals surface area contributed by atoms with Gasteiger partial charge in [0.1, 0.15) is 0 Å². The van der Waals surface area contributed by atoms with Crippen LogP contribution in [0, 0.1) is 12.3 Å². The lowest BCUT2D eigenvalue weighted by Crippen LogP contribution is -1.91. The Balaban J connectivity index is 3.33. The summed E-state index contributed by atoms with van der Waals surface area (Å²) in [5.41, 5.74) is 0. The zero-order chi connectivity index (χ0) is 9.45. The summed E-state index contributed by atoms with van der Waals surface area (Å²) in [4.78, 5) is 12.0. The lowest BCUT2D eigenvalue weighted by molar-refractivity contribution is 0.194. The van der Waals surface area contributed by atoms with Crippen LogP contribution in [0.15, 0.2) is 0 Å². The Morgan fingerprint density at radius 3 is 3.00 bits per heavy atom. The van der Waals surface area contributed by atoms with Gasteiger partial charge in [-0.05, 0) is 12.8 Å². The van der Waals surface area contributed by atoms with Crippen LogP contribution in [0.3, 0.4) is 0 Å². The standard InChI is InChI=1S/C6H11O4P/c1-2-3-4-5-6-10-11(7,8)9/h1H,3-6H2,(H2,7,8,9)/i/hT. The van der Waals surface area contributed by atoms with Gasteiger partial charge in [-0.3, -0.25) is 4.52 Å². The van der Waals surface area contributed by atoms with Crippen LogP contribution >= 0.6 is 7.82 Å². The molecule has 0 fully saturated rings. The Kier molecular flexibility index (Phi) is 4.25. The summed E-state index contributed by atoms with van der Waals surface area (Å²) in [7, 11) is -4.11. The third kappa shape index (κ3) is 9.67. The molecule has 0 spiro atoms. The first-order valence-electron chi connectivity index (χ1n) is 3.59. The number of hydrogen-bond donors (Lipinski definition) is 2. The van der Waals surface area contributed by atoms with E-state index < -0.39 is 7.82 Å². The lowest BCUT2D eigenvalue weighted by Gasteiger charge is -2.02. The summed E-state index contributed by atoms with van der Waals surface area (Å²) in [5, 5.41) is 0. The lowest BCUT2D eigenvalue weighted by atomic mass is 10.2. The van der Waals surface area contributed by atoms with E-state index in [1.165, 1.54) is 0 Å². The van der Waals surface area contributed by atoms with Crippen molar-refractivity contribution in [3.63, 3.8) is 0 Å². The molecule has 0 radical (unpaired) electrons. The van der Waals surface area contributed by atoms with Crippen LogP contribution < -0.4 is 0 Å². The number of terminal acetylenes is 1. The van der Waals surface area contributed by atoms with Gasteiger partial charge in [-0.2, -0.15) is 0 Å². The number of unbranched alkanes of at least 4 members (excludes halogenated alkanes) is 2. The number of hydrogen-bond acceptors (Lipinski definition) is 3. The summed E-state index contributed by atoms with van der Waals surface area (Å²) < 4.78 is 21.0. The zero-order valence-corrected chi connectivity index (χ0v) is 6.92. The van der Waals surface area contributed by atoms with Crippen molar-refractivity contribution >= 4 is 7.82 Å². The maximum Gasteiger partial charge on any atom is 0.469 e. The maximum absolute atomic E-state index is 10.5. The van der Waals surface area contributed by atoms with E-state index in [4.69, 9.17) is 12.7 Å². The third-order valence-electron chi connectivity index (χ3n) is 0.970. The summed E-state index contributed by atoms with van der Waals surface area (Å²) in [6.45, 7) is 0.0777. The molecule has 4 nitrogen and oxygen atoms in total. The molecule has 1 atom stereocenters. The zero-order valence-electron chi connectivity index (χ0n) is 7.02. The third-order valence-corrected chi connectivity index (χ3v) is 1.48. The topological polar surface area (TPSA) is 66.8 Å². The van der Waals surface area contributed by atoms with Crippen molar-refractivity contribution < 1.29 is 18.9 Å². The molecule has 11 heavy (non-hydrogen) atoms. The molecule has 0 saturated heterocycles. The van der Waals surface area contributed by atoms with Gasteiger partial charge >= 0.3 is 7.82 Å². The van der Waals surface area contributed by atoms with Crippen LogP contribution in [0.1, 0.15) is 19.3 Å². The molecule has 5 heteroatoms. The predicted molar refractivity (Wildman–Crippen MR) is 40.7 cm³/mol. The van der Waals surface area contributed by atoms with Gasteiger partial charge in [-0.25, -0.2) is 4.57 Å². The normalized spacial score (nSPS) is 16.5. The van der Waals surface area contributed by atoms with E-state index in [9.17, 15) is 4.57 Å². The highest BCUT2D eigenvalue weighted by Gasteiger charge is 2.11. The number of phosphoric acid groups is 1. The van der Waals surface area contributed by atoms with E-state index >= 15 is 0 Å². The molecule has 1 unspecified atom stereocenters. The van der Waals surface area contributed by atoms with Gasteiger partial charge in [0.2, 0.25) is 1.43 Å². The second-order valence-electron chi connectivity index (χ2n) is 1.96. The van der Waals surface area contributed by atoms with E-state index in [0.29, 0.717) is 12.8 Å². The minimum atomic E-state index is -4.11. The van der Waals surface area contributed by atoms with Crippen molar-refractivity contribution in [1.82, 2.24) is 0 Å². The molecular formula is C6H11O4P. The van der Waals surface area contributed by atoms with Crippen LogP contribution in [0.4, 0.5) is 0 Å². The van der Waals surface area contributed by atoms with E-state index in [1.54, 1.807) is 0 Å². The summed E-state index contributed by atoms with van der Waals surface area (Å²) in [5.74, 6) is 2.42. The molecule has 0 rings (SSSR count). The van der Waals surface area contributed by atoms with Crippen molar-refractivity contribution in [2.45, 2.75) is 19.3 Å². The first-order valence-corrected chi connectivity index (χ1v) is 4.67. The van der Waals surface area contributed by atoms with Crippen molar-refractivity contribution in [2.24, 2.45) is 0 Å². The molecule has 0 aromatic heterocycles. The molecule has 0 aliphatic carbocycles. The Morgan fingerprint density at radius 1 is 1.73 bits per heavy atom.